The van der Waals surface area contributed by atoms with E-state index in [0.29, 0.717) is 2.88 Å². The van der Waals surface area contributed by atoms with Gasteiger partial charge in [-0.25, -0.2) is 4.79 Å². The first-order chi connectivity index (χ1) is 10.0. The molecular weight excluding hydrogens is 427 g/mol. The van der Waals surface area contributed by atoms with Crippen molar-refractivity contribution in [3.05, 3.63) is 18.6 Å². The Hall–Kier alpha value is -1.43. The molecule has 1 amide bonds. The summed E-state index contributed by atoms with van der Waals surface area (Å²) < 4.78 is 10.4. The summed E-state index contributed by atoms with van der Waals surface area (Å²) in [6, 6.07) is 0. The second-order valence-electron chi connectivity index (χ2n) is 5.20. The molecule has 0 saturated carbocycles. The van der Waals surface area contributed by atoms with Crippen molar-refractivity contribution in [3.63, 3.8) is 0 Å². The number of hydrogen-bond donors (Lipinski definition) is 1. The number of carbonyl (C=O) groups is 2. The molecule has 10 heteroatoms. The van der Waals surface area contributed by atoms with Crippen LogP contribution in [0.4, 0.5) is 15.5 Å². The van der Waals surface area contributed by atoms with E-state index in [9.17, 15) is 19.7 Å². The summed E-state index contributed by atoms with van der Waals surface area (Å²) in [6.07, 6.45) is -0.785. The number of ether oxygens (including phenoxy) is 2. The lowest BCUT2D eigenvalue weighted by Crippen LogP contribution is -2.27. The van der Waals surface area contributed by atoms with Crippen LogP contribution in [0.1, 0.15) is 33.3 Å². The highest BCUT2D eigenvalue weighted by atomic mass is 127. The average molecular weight is 442 g/mol. The minimum absolute atomic E-state index is 0.0470. The molecule has 1 N–H and O–H groups in total. The Morgan fingerprint density at radius 1 is 1.41 bits per heavy atom. The molecule has 0 spiro atoms. The second kappa shape index (κ2) is 7.22. The Balaban J connectivity index is 3.05. The molecule has 8 nitrogen and oxygen atoms in total. The van der Waals surface area contributed by atoms with Gasteiger partial charge in [-0.1, -0.05) is 0 Å². The number of amides is 1. The summed E-state index contributed by atoms with van der Waals surface area (Å²) in [5.41, 5.74) is -0.762. The highest BCUT2D eigenvalue weighted by molar-refractivity contribution is 14.1. The lowest BCUT2D eigenvalue weighted by molar-refractivity contribution is -0.384. The predicted molar refractivity (Wildman–Crippen MR) is 89.0 cm³/mol. The number of carbonyl (C=O) groups excluding carboxylic acids is 2. The first kappa shape index (κ1) is 18.6. The summed E-state index contributed by atoms with van der Waals surface area (Å²) in [6.45, 7) is 6.04. The summed E-state index contributed by atoms with van der Waals surface area (Å²) in [4.78, 5) is 33.2. The van der Waals surface area contributed by atoms with Crippen molar-refractivity contribution < 1.29 is 24.0 Å². The summed E-state index contributed by atoms with van der Waals surface area (Å²) >= 11 is 2.91. The zero-order valence-corrected chi connectivity index (χ0v) is 15.4. The third kappa shape index (κ3) is 5.40. The fraction of sp³-hybridized carbons (Fsp3) is 0.500. The van der Waals surface area contributed by atoms with Crippen molar-refractivity contribution in [2.75, 3.05) is 5.32 Å². The van der Waals surface area contributed by atoms with Gasteiger partial charge in [0.25, 0.3) is 0 Å². The number of halogens is 1. The van der Waals surface area contributed by atoms with Crippen LogP contribution in [0.25, 0.3) is 0 Å². The van der Waals surface area contributed by atoms with Crippen molar-refractivity contribution in [2.45, 2.75) is 39.9 Å². The van der Waals surface area contributed by atoms with E-state index in [1.165, 1.54) is 6.92 Å². The van der Waals surface area contributed by atoms with E-state index >= 15 is 0 Å². The summed E-state index contributed by atoms with van der Waals surface area (Å²) in [7, 11) is 0. The maximum atomic E-state index is 11.8. The molecule has 1 aromatic heterocycles. The van der Waals surface area contributed by atoms with Gasteiger partial charge in [0.15, 0.2) is 5.00 Å². The van der Waals surface area contributed by atoms with Gasteiger partial charge in [0, 0.05) is 6.92 Å². The molecule has 1 heterocycles. The van der Waals surface area contributed by atoms with Gasteiger partial charge in [0.1, 0.15) is 12.2 Å². The van der Waals surface area contributed by atoms with Gasteiger partial charge in [-0.3, -0.25) is 20.2 Å². The number of nitrogens with zero attached hydrogens (tertiary/aromatic N) is 1. The number of nitro groups is 1. The molecule has 22 heavy (non-hydrogen) atoms. The van der Waals surface area contributed by atoms with Crippen molar-refractivity contribution in [1.82, 2.24) is 0 Å². The van der Waals surface area contributed by atoms with Gasteiger partial charge in [-0.2, -0.15) is 0 Å². The fourth-order valence-electron chi connectivity index (χ4n) is 1.40. The molecule has 0 atom stereocenters. The Kier molecular flexibility index (Phi) is 6.11. The minimum Gasteiger partial charge on any atom is -0.461 e. The SMILES string of the molecule is CC(=O)OCc1c(I)sc(NC(=O)OC(C)(C)C)c1[N+](=O)[O-]. The molecule has 1 aromatic rings. The van der Waals surface area contributed by atoms with Crippen LogP contribution in [0, 0.1) is 13.0 Å². The molecule has 1 rings (SSSR count). The molecule has 122 valence electrons. The number of nitrogens with one attached hydrogen (secondary N) is 1. The number of anilines is 1. The summed E-state index contributed by atoms with van der Waals surface area (Å²) in [5, 5.41) is 13.7. The van der Waals surface area contributed by atoms with E-state index in [-0.39, 0.29) is 22.9 Å². The number of thiophene rings is 1. The van der Waals surface area contributed by atoms with Gasteiger partial charge in [0.2, 0.25) is 0 Å². The molecule has 0 radical (unpaired) electrons. The normalized spacial score (nSPS) is 11.0. The summed E-state index contributed by atoms with van der Waals surface area (Å²) in [5.74, 6) is -0.544. The Morgan fingerprint density at radius 3 is 2.45 bits per heavy atom. The van der Waals surface area contributed by atoms with E-state index in [4.69, 9.17) is 9.47 Å². The first-order valence-electron chi connectivity index (χ1n) is 6.10. The highest BCUT2D eigenvalue weighted by Crippen LogP contribution is 2.41. The van der Waals surface area contributed by atoms with Crippen LogP contribution in [0.15, 0.2) is 0 Å². The number of esters is 1. The Labute approximate surface area is 144 Å². The largest absolute Gasteiger partial charge is 0.461 e. The number of hydrogen-bond acceptors (Lipinski definition) is 7. The predicted octanol–water partition coefficient (Wildman–Crippen LogP) is 3.67. The topological polar surface area (TPSA) is 108 Å². The zero-order chi connectivity index (χ0) is 17.1. The standard InChI is InChI=1S/C12H15IN2O6S/c1-6(16)20-5-7-8(15(18)19)10(22-9(7)13)14-11(17)21-12(2,3)4/h5H2,1-4H3,(H,14,17). The third-order valence-electron chi connectivity index (χ3n) is 2.15. The fourth-order valence-corrected chi connectivity index (χ4v) is 3.36. The van der Waals surface area contributed by atoms with E-state index in [2.05, 4.69) is 5.32 Å². The van der Waals surface area contributed by atoms with Crippen LogP contribution >= 0.6 is 33.9 Å². The second-order valence-corrected chi connectivity index (χ2v) is 8.03. The van der Waals surface area contributed by atoms with Gasteiger partial charge < -0.3 is 9.47 Å². The molecule has 0 fully saturated rings. The lowest BCUT2D eigenvalue weighted by Gasteiger charge is -2.19. The first-order valence-corrected chi connectivity index (χ1v) is 7.99. The molecule has 0 aromatic carbocycles. The van der Waals surface area contributed by atoms with Gasteiger partial charge in [-0.15, -0.1) is 11.3 Å². The van der Waals surface area contributed by atoms with Gasteiger partial charge in [0.05, 0.1) is 13.4 Å². The van der Waals surface area contributed by atoms with Crippen molar-refractivity contribution in [3.8, 4) is 0 Å². The average Bonchev–Trinajstić information content (AvgIpc) is 2.59. The third-order valence-corrected chi connectivity index (χ3v) is 4.38. The Bertz CT molecular complexity index is 607. The quantitative estimate of drug-likeness (QED) is 0.330. The van der Waals surface area contributed by atoms with Crippen LogP contribution in [-0.2, 0) is 20.9 Å². The van der Waals surface area contributed by atoms with E-state index in [0.717, 1.165) is 11.3 Å². The number of rotatable bonds is 4. The smallest absolute Gasteiger partial charge is 0.412 e. The molecule has 0 unspecified atom stereocenters. The van der Waals surface area contributed by atoms with Crippen LogP contribution < -0.4 is 5.32 Å². The Morgan fingerprint density at radius 2 is 2.00 bits per heavy atom. The van der Waals surface area contributed by atoms with E-state index < -0.39 is 22.6 Å². The maximum Gasteiger partial charge on any atom is 0.412 e. The maximum absolute atomic E-state index is 11.8. The van der Waals surface area contributed by atoms with E-state index in [1.54, 1.807) is 20.8 Å². The molecule has 0 saturated heterocycles. The molecule has 0 aliphatic heterocycles. The highest BCUT2D eigenvalue weighted by Gasteiger charge is 2.29. The minimum atomic E-state index is -0.785. The molecule has 0 aliphatic carbocycles. The zero-order valence-electron chi connectivity index (χ0n) is 12.4. The molecular formula is C12H15IN2O6S. The monoisotopic (exact) mass is 442 g/mol. The van der Waals surface area contributed by atoms with E-state index in [1.807, 2.05) is 22.6 Å². The van der Waals surface area contributed by atoms with Gasteiger partial charge in [-0.05, 0) is 43.4 Å². The van der Waals surface area contributed by atoms with Gasteiger partial charge >= 0.3 is 17.7 Å². The van der Waals surface area contributed by atoms with Crippen molar-refractivity contribution >= 4 is 56.7 Å². The van der Waals surface area contributed by atoms with Crippen molar-refractivity contribution in [1.29, 1.82) is 0 Å². The van der Waals surface area contributed by atoms with Crippen LogP contribution in [-0.4, -0.2) is 22.6 Å². The molecule has 0 aliphatic rings. The van der Waals surface area contributed by atoms with Crippen LogP contribution in [0.5, 0.6) is 0 Å². The lowest BCUT2D eigenvalue weighted by atomic mass is 10.2. The van der Waals surface area contributed by atoms with Crippen LogP contribution in [0.2, 0.25) is 0 Å². The van der Waals surface area contributed by atoms with Crippen LogP contribution in [0.3, 0.4) is 0 Å². The van der Waals surface area contributed by atoms with Crippen molar-refractivity contribution in [2.24, 2.45) is 0 Å². The molecule has 0 bridgehead atoms.